The van der Waals surface area contributed by atoms with Crippen LogP contribution < -0.4 is 0 Å². The molecule has 0 atom stereocenters. The van der Waals surface area contributed by atoms with E-state index in [1.54, 1.807) is 0 Å². The van der Waals surface area contributed by atoms with E-state index < -0.39 is 0 Å². The van der Waals surface area contributed by atoms with Gasteiger partial charge in [-0.25, -0.2) is 0 Å². The van der Waals surface area contributed by atoms with Crippen LogP contribution in [0.5, 0.6) is 0 Å². The molecule has 0 spiro atoms. The Bertz CT molecular complexity index is 335. The van der Waals surface area contributed by atoms with E-state index in [0.717, 1.165) is 11.0 Å². The van der Waals surface area contributed by atoms with Crippen molar-refractivity contribution in [3.05, 3.63) is 30.7 Å². The van der Waals surface area contributed by atoms with Crippen LogP contribution >= 0.6 is 79.7 Å². The molecule has 0 fully saturated rings. The Morgan fingerprint density at radius 1 is 0.714 bits per heavy atom. The highest BCUT2D eigenvalue weighted by Crippen LogP contribution is 2.45. The van der Waals surface area contributed by atoms with Gasteiger partial charge >= 0.3 is 0 Å². The number of rotatable bonds is 2. The molecule has 0 heterocycles. The first-order valence-corrected chi connectivity index (χ1v) is 6.94. The number of halogens is 6. The van der Waals surface area contributed by atoms with Gasteiger partial charge in [-0.1, -0.05) is 69.0 Å². The summed E-state index contributed by atoms with van der Waals surface area (Å²) in [7, 11) is 6.55. The molecule has 7 heteroatoms. The van der Waals surface area contributed by atoms with Crippen LogP contribution in [-0.2, 0) is 5.75 Å². The molecule has 1 aromatic carbocycles. The summed E-state index contributed by atoms with van der Waals surface area (Å²) in [6, 6.07) is 0. The smallest absolute Gasteiger partial charge is 0.0809 e. The van der Waals surface area contributed by atoms with Crippen LogP contribution in [0.3, 0.4) is 0 Å². The maximum atomic E-state index is 5.92. The summed E-state index contributed by atoms with van der Waals surface area (Å²) < 4.78 is 0. The quantitative estimate of drug-likeness (QED) is 0.450. The van der Waals surface area contributed by atoms with Crippen LogP contribution in [0.4, 0.5) is 0 Å². The minimum Gasteiger partial charge on any atom is -0.0823 e. The molecule has 0 aliphatic heterocycles. The summed E-state index contributed by atoms with van der Waals surface area (Å²) in [6.45, 7) is 0. The van der Waals surface area contributed by atoms with E-state index in [1.165, 1.54) is 0 Å². The molecule has 0 aliphatic rings. The van der Waals surface area contributed by atoms with E-state index in [-0.39, 0.29) is 15.1 Å². The highest BCUT2D eigenvalue weighted by atomic mass is 35.7. The first kappa shape index (κ1) is 13.4. The Balaban J connectivity index is 3.43. The zero-order valence-electron chi connectivity index (χ0n) is 6.38. The van der Waals surface area contributed by atoms with Gasteiger partial charge in [0.05, 0.1) is 25.1 Å². The summed E-state index contributed by atoms with van der Waals surface area (Å²) in [6.07, 6.45) is 0. The van der Waals surface area contributed by atoms with Gasteiger partial charge in [-0.05, 0) is 10.7 Å². The molecule has 0 radical (unpaired) electrons. The van der Waals surface area contributed by atoms with E-state index in [1.807, 2.05) is 0 Å². The predicted octanol–water partition coefficient (Wildman–Crippen LogP) is 6.34. The van der Waals surface area contributed by atoms with Crippen LogP contribution in [0.1, 0.15) is 5.56 Å². The molecule has 1 rings (SSSR count). The van der Waals surface area contributed by atoms with E-state index >= 15 is 0 Å². The molecule has 0 aliphatic carbocycles. The molecule has 0 amide bonds. The third-order valence-corrected chi connectivity index (χ3v) is 4.58. The molecular formula is C7H2Cl6S. The third kappa shape index (κ3) is 2.52. The highest BCUT2D eigenvalue weighted by molar-refractivity contribution is 8.20. The summed E-state index contributed by atoms with van der Waals surface area (Å²) in [5.41, 5.74) is 0.590. The monoisotopic (exact) mass is 328 g/mol. The van der Waals surface area contributed by atoms with Crippen molar-refractivity contribution in [2.24, 2.45) is 0 Å². The Hall–Kier alpha value is 1.31. The van der Waals surface area contributed by atoms with E-state index in [9.17, 15) is 0 Å². The topological polar surface area (TPSA) is 0 Å². The van der Waals surface area contributed by atoms with Gasteiger partial charge in [-0.15, -0.1) is 0 Å². The fraction of sp³-hybridized carbons (Fsp3) is 0.143. The van der Waals surface area contributed by atoms with Crippen LogP contribution in [-0.4, -0.2) is 0 Å². The Morgan fingerprint density at radius 2 is 1.07 bits per heavy atom. The molecule has 78 valence electrons. The number of hydrogen-bond donors (Lipinski definition) is 0. The highest BCUT2D eigenvalue weighted by Gasteiger charge is 2.18. The van der Waals surface area contributed by atoms with Crippen molar-refractivity contribution in [1.82, 2.24) is 0 Å². The van der Waals surface area contributed by atoms with E-state index in [2.05, 4.69) is 0 Å². The summed E-state index contributed by atoms with van der Waals surface area (Å²) in [5, 5.41) is 1.14. The second-order valence-corrected chi connectivity index (χ2v) is 5.35. The van der Waals surface area contributed by atoms with Crippen LogP contribution in [0.2, 0.25) is 25.1 Å². The Kier molecular flexibility index (Phi) is 5.33. The first-order valence-electron chi connectivity index (χ1n) is 3.24. The molecule has 0 saturated heterocycles. The predicted molar refractivity (Wildman–Crippen MR) is 68.6 cm³/mol. The van der Waals surface area contributed by atoms with Gasteiger partial charge in [0.15, 0.2) is 0 Å². The lowest BCUT2D eigenvalue weighted by atomic mass is 10.2. The molecule has 0 saturated carbocycles. The molecule has 0 nitrogen and oxygen atoms in total. The van der Waals surface area contributed by atoms with E-state index in [4.69, 9.17) is 68.7 Å². The van der Waals surface area contributed by atoms with Crippen molar-refractivity contribution in [1.29, 1.82) is 0 Å². The van der Waals surface area contributed by atoms with Gasteiger partial charge in [0.25, 0.3) is 0 Å². The Morgan fingerprint density at radius 3 is 1.43 bits per heavy atom. The summed E-state index contributed by atoms with van der Waals surface area (Å²) in [4.78, 5) is 0. The fourth-order valence-electron chi connectivity index (χ4n) is 0.832. The third-order valence-electron chi connectivity index (χ3n) is 1.50. The van der Waals surface area contributed by atoms with Crippen LogP contribution in [0, 0.1) is 0 Å². The molecule has 0 aromatic heterocycles. The van der Waals surface area contributed by atoms with Gasteiger partial charge in [0.1, 0.15) is 0 Å². The lowest BCUT2D eigenvalue weighted by Gasteiger charge is -2.10. The molecular weight excluding hydrogens is 329 g/mol. The van der Waals surface area contributed by atoms with Gasteiger partial charge < -0.3 is 0 Å². The van der Waals surface area contributed by atoms with Gasteiger partial charge in [-0.3, -0.25) is 0 Å². The normalized spacial score (nSPS) is 10.7. The average Bonchev–Trinajstić information content (AvgIpc) is 2.19. The molecule has 1 aromatic rings. The van der Waals surface area contributed by atoms with Crippen molar-refractivity contribution in [3.8, 4) is 0 Å². The van der Waals surface area contributed by atoms with Gasteiger partial charge in [0.2, 0.25) is 0 Å². The van der Waals surface area contributed by atoms with Crippen molar-refractivity contribution >= 4 is 79.7 Å². The lowest BCUT2D eigenvalue weighted by Crippen LogP contribution is -1.88. The largest absolute Gasteiger partial charge is 0.0823 e. The van der Waals surface area contributed by atoms with Crippen molar-refractivity contribution in [2.45, 2.75) is 5.75 Å². The van der Waals surface area contributed by atoms with Gasteiger partial charge in [0, 0.05) is 11.3 Å². The fourth-order valence-corrected chi connectivity index (χ4v) is 3.03. The standard InChI is InChI=1S/C7H2Cl6S/c8-3-2(1-14-13)4(9)6(11)7(12)5(3)10/h1H2. The molecule has 0 bridgehead atoms. The van der Waals surface area contributed by atoms with Crippen LogP contribution in [0.25, 0.3) is 0 Å². The maximum absolute atomic E-state index is 5.92. The second kappa shape index (κ2) is 5.58. The molecule has 0 N–H and O–H groups in total. The number of benzene rings is 1. The van der Waals surface area contributed by atoms with Crippen molar-refractivity contribution in [2.75, 3.05) is 0 Å². The number of hydrogen-bond acceptors (Lipinski definition) is 1. The minimum atomic E-state index is 0.159. The summed E-state index contributed by atoms with van der Waals surface area (Å²) >= 11 is 29.3. The maximum Gasteiger partial charge on any atom is 0.0809 e. The van der Waals surface area contributed by atoms with Gasteiger partial charge in [-0.2, -0.15) is 0 Å². The summed E-state index contributed by atoms with van der Waals surface area (Å²) in [5.74, 6) is 0.413. The average molecular weight is 331 g/mol. The first-order chi connectivity index (χ1) is 6.50. The van der Waals surface area contributed by atoms with E-state index in [0.29, 0.717) is 21.4 Å². The zero-order chi connectivity index (χ0) is 10.9. The zero-order valence-corrected chi connectivity index (χ0v) is 11.7. The second-order valence-electron chi connectivity index (χ2n) is 2.30. The SMILES string of the molecule is ClSCc1c(Cl)c(Cl)c(Cl)c(Cl)c1Cl. The van der Waals surface area contributed by atoms with Crippen LogP contribution in [0.15, 0.2) is 0 Å². The minimum absolute atomic E-state index is 0.159. The molecule has 0 unspecified atom stereocenters. The van der Waals surface area contributed by atoms with Crippen molar-refractivity contribution < 1.29 is 0 Å². The Labute approximate surface area is 115 Å². The lowest BCUT2D eigenvalue weighted by molar-refractivity contribution is 1.42. The van der Waals surface area contributed by atoms with Crippen molar-refractivity contribution in [3.63, 3.8) is 0 Å². The molecule has 14 heavy (non-hydrogen) atoms.